The Bertz CT molecular complexity index is 344. The molecule has 0 radical (unpaired) electrons. The molecule has 0 aromatic carbocycles. The average Bonchev–Trinajstić information content (AvgIpc) is 2.97. The highest BCUT2D eigenvalue weighted by Gasteiger charge is 2.25. The lowest BCUT2D eigenvalue weighted by Gasteiger charge is -2.09. The second-order valence-corrected chi connectivity index (χ2v) is 4.39. The normalized spacial score (nSPS) is 17.5. The SMILES string of the molecule is Cc1cc(C2CC2)nc(NCC(C)N)n1. The van der Waals surface area contributed by atoms with Gasteiger partial charge in [-0.1, -0.05) is 0 Å². The first-order chi connectivity index (χ1) is 7.15. The number of rotatable bonds is 4. The van der Waals surface area contributed by atoms with Gasteiger partial charge in [-0.2, -0.15) is 0 Å². The minimum atomic E-state index is 0.124. The molecular weight excluding hydrogens is 188 g/mol. The summed E-state index contributed by atoms with van der Waals surface area (Å²) in [5, 5.41) is 3.16. The van der Waals surface area contributed by atoms with Gasteiger partial charge < -0.3 is 11.1 Å². The zero-order valence-electron chi connectivity index (χ0n) is 9.33. The third-order valence-electron chi connectivity index (χ3n) is 2.45. The van der Waals surface area contributed by atoms with E-state index in [2.05, 4.69) is 21.4 Å². The van der Waals surface area contributed by atoms with Crippen LogP contribution in [0, 0.1) is 6.92 Å². The minimum Gasteiger partial charge on any atom is -0.353 e. The molecule has 1 unspecified atom stereocenters. The van der Waals surface area contributed by atoms with Crippen molar-refractivity contribution in [2.24, 2.45) is 5.73 Å². The maximum absolute atomic E-state index is 5.67. The fourth-order valence-corrected chi connectivity index (χ4v) is 1.51. The zero-order chi connectivity index (χ0) is 10.8. The molecule has 0 amide bonds. The van der Waals surface area contributed by atoms with Gasteiger partial charge in [-0.3, -0.25) is 0 Å². The molecule has 1 atom stereocenters. The van der Waals surface area contributed by atoms with E-state index in [9.17, 15) is 0 Å². The van der Waals surface area contributed by atoms with Crippen LogP contribution in [0.4, 0.5) is 5.95 Å². The van der Waals surface area contributed by atoms with Crippen molar-refractivity contribution in [2.75, 3.05) is 11.9 Å². The summed E-state index contributed by atoms with van der Waals surface area (Å²) >= 11 is 0. The van der Waals surface area contributed by atoms with Gasteiger partial charge in [0.1, 0.15) is 0 Å². The quantitative estimate of drug-likeness (QED) is 0.782. The number of anilines is 1. The molecule has 1 saturated carbocycles. The van der Waals surface area contributed by atoms with E-state index in [-0.39, 0.29) is 6.04 Å². The molecule has 1 aliphatic carbocycles. The standard InChI is InChI=1S/C11H18N4/c1-7(12)6-13-11-14-8(2)5-10(15-11)9-3-4-9/h5,7,9H,3-4,6,12H2,1-2H3,(H,13,14,15). The predicted molar refractivity (Wildman–Crippen MR) is 60.9 cm³/mol. The Morgan fingerprint density at radius 1 is 1.53 bits per heavy atom. The first kappa shape index (κ1) is 10.4. The highest BCUT2D eigenvalue weighted by Crippen LogP contribution is 2.39. The number of aromatic nitrogens is 2. The van der Waals surface area contributed by atoms with Gasteiger partial charge in [0.25, 0.3) is 0 Å². The van der Waals surface area contributed by atoms with Gasteiger partial charge in [0, 0.05) is 29.9 Å². The van der Waals surface area contributed by atoms with Crippen LogP contribution in [-0.4, -0.2) is 22.6 Å². The fraction of sp³-hybridized carbons (Fsp3) is 0.636. The van der Waals surface area contributed by atoms with Crippen LogP contribution in [0.2, 0.25) is 0 Å². The van der Waals surface area contributed by atoms with Crippen molar-refractivity contribution in [2.45, 2.75) is 38.6 Å². The van der Waals surface area contributed by atoms with E-state index in [4.69, 9.17) is 5.73 Å². The van der Waals surface area contributed by atoms with Crippen molar-refractivity contribution in [3.8, 4) is 0 Å². The molecule has 15 heavy (non-hydrogen) atoms. The molecular formula is C11H18N4. The largest absolute Gasteiger partial charge is 0.353 e. The Hall–Kier alpha value is -1.16. The summed E-state index contributed by atoms with van der Waals surface area (Å²) in [4.78, 5) is 8.83. The van der Waals surface area contributed by atoms with Gasteiger partial charge in [0.15, 0.2) is 0 Å². The summed E-state index contributed by atoms with van der Waals surface area (Å²) in [6.07, 6.45) is 2.53. The Morgan fingerprint density at radius 2 is 2.27 bits per heavy atom. The van der Waals surface area contributed by atoms with Gasteiger partial charge in [-0.15, -0.1) is 0 Å². The Labute approximate surface area is 90.3 Å². The van der Waals surface area contributed by atoms with Crippen LogP contribution in [0.25, 0.3) is 0 Å². The lowest BCUT2D eigenvalue weighted by molar-refractivity contribution is 0.770. The maximum atomic E-state index is 5.67. The molecule has 1 fully saturated rings. The summed E-state index contributed by atoms with van der Waals surface area (Å²) in [5.41, 5.74) is 7.87. The van der Waals surface area contributed by atoms with Crippen LogP contribution in [-0.2, 0) is 0 Å². The Morgan fingerprint density at radius 3 is 2.87 bits per heavy atom. The maximum Gasteiger partial charge on any atom is 0.223 e. The van der Waals surface area contributed by atoms with E-state index in [1.165, 1.54) is 18.5 Å². The van der Waals surface area contributed by atoms with Crippen LogP contribution in [0.3, 0.4) is 0 Å². The van der Waals surface area contributed by atoms with E-state index in [1.807, 2.05) is 13.8 Å². The molecule has 1 aromatic rings. The summed E-state index contributed by atoms with van der Waals surface area (Å²) in [5.74, 6) is 1.39. The van der Waals surface area contributed by atoms with Gasteiger partial charge in [0.2, 0.25) is 5.95 Å². The van der Waals surface area contributed by atoms with Crippen molar-refractivity contribution < 1.29 is 0 Å². The third kappa shape index (κ3) is 2.89. The smallest absolute Gasteiger partial charge is 0.223 e. The second kappa shape index (κ2) is 4.14. The van der Waals surface area contributed by atoms with Crippen LogP contribution in [0.5, 0.6) is 0 Å². The van der Waals surface area contributed by atoms with E-state index in [0.29, 0.717) is 18.4 Å². The summed E-state index contributed by atoms with van der Waals surface area (Å²) in [6, 6.07) is 2.20. The third-order valence-corrected chi connectivity index (χ3v) is 2.45. The Kier molecular flexibility index (Phi) is 2.86. The van der Waals surface area contributed by atoms with Crippen molar-refractivity contribution in [3.05, 3.63) is 17.5 Å². The molecule has 1 heterocycles. The minimum absolute atomic E-state index is 0.124. The van der Waals surface area contributed by atoms with Crippen LogP contribution in [0.1, 0.15) is 37.1 Å². The molecule has 0 saturated heterocycles. The van der Waals surface area contributed by atoms with E-state index >= 15 is 0 Å². The molecule has 3 N–H and O–H groups in total. The topological polar surface area (TPSA) is 63.8 Å². The van der Waals surface area contributed by atoms with E-state index < -0.39 is 0 Å². The monoisotopic (exact) mass is 206 g/mol. The number of nitrogens with two attached hydrogens (primary N) is 1. The lowest BCUT2D eigenvalue weighted by atomic mass is 10.2. The summed E-state index contributed by atoms with van der Waals surface area (Å²) in [6.45, 7) is 4.68. The number of hydrogen-bond donors (Lipinski definition) is 2. The molecule has 0 bridgehead atoms. The molecule has 82 valence electrons. The van der Waals surface area contributed by atoms with E-state index in [0.717, 1.165) is 5.69 Å². The molecule has 0 aliphatic heterocycles. The van der Waals surface area contributed by atoms with Crippen molar-refractivity contribution >= 4 is 5.95 Å². The zero-order valence-corrected chi connectivity index (χ0v) is 9.33. The van der Waals surface area contributed by atoms with Crippen LogP contribution in [0.15, 0.2) is 6.07 Å². The number of aryl methyl sites for hydroxylation is 1. The molecule has 0 spiro atoms. The Balaban J connectivity index is 2.09. The molecule has 1 aliphatic rings. The van der Waals surface area contributed by atoms with Crippen LogP contribution >= 0.6 is 0 Å². The number of nitrogens with zero attached hydrogens (tertiary/aromatic N) is 2. The molecule has 2 rings (SSSR count). The van der Waals surface area contributed by atoms with Gasteiger partial charge in [-0.05, 0) is 32.8 Å². The summed E-state index contributed by atoms with van der Waals surface area (Å²) < 4.78 is 0. The molecule has 4 heteroatoms. The number of nitrogens with one attached hydrogen (secondary N) is 1. The highest BCUT2D eigenvalue weighted by molar-refractivity contribution is 5.30. The summed E-state index contributed by atoms with van der Waals surface area (Å²) in [7, 11) is 0. The number of hydrogen-bond acceptors (Lipinski definition) is 4. The van der Waals surface area contributed by atoms with Gasteiger partial charge in [-0.25, -0.2) is 9.97 Å². The fourth-order valence-electron chi connectivity index (χ4n) is 1.51. The highest BCUT2D eigenvalue weighted by atomic mass is 15.1. The first-order valence-electron chi connectivity index (χ1n) is 5.50. The average molecular weight is 206 g/mol. The van der Waals surface area contributed by atoms with Gasteiger partial charge in [0.05, 0.1) is 0 Å². The van der Waals surface area contributed by atoms with Crippen LogP contribution < -0.4 is 11.1 Å². The predicted octanol–water partition coefficient (Wildman–Crippen LogP) is 1.42. The van der Waals surface area contributed by atoms with Gasteiger partial charge >= 0.3 is 0 Å². The van der Waals surface area contributed by atoms with Crippen molar-refractivity contribution in [1.29, 1.82) is 0 Å². The van der Waals surface area contributed by atoms with Crippen molar-refractivity contribution in [3.63, 3.8) is 0 Å². The van der Waals surface area contributed by atoms with E-state index in [1.54, 1.807) is 0 Å². The molecule has 4 nitrogen and oxygen atoms in total. The van der Waals surface area contributed by atoms with Crippen molar-refractivity contribution in [1.82, 2.24) is 9.97 Å². The second-order valence-electron chi connectivity index (χ2n) is 4.39. The molecule has 1 aromatic heterocycles. The first-order valence-corrected chi connectivity index (χ1v) is 5.50. The lowest BCUT2D eigenvalue weighted by Crippen LogP contribution is -2.26.